The zero-order chi connectivity index (χ0) is 19.1. The molecule has 2 amide bonds. The minimum Gasteiger partial charge on any atom is -0.435 e. The molecular formula is C20H23F2N3O2. The van der Waals surface area contributed by atoms with Crippen molar-refractivity contribution in [3.63, 3.8) is 0 Å². The van der Waals surface area contributed by atoms with Crippen LogP contribution in [0.1, 0.15) is 24.8 Å². The van der Waals surface area contributed by atoms with Gasteiger partial charge in [-0.3, -0.25) is 0 Å². The van der Waals surface area contributed by atoms with Crippen LogP contribution in [0, 0.1) is 0 Å². The second-order valence-corrected chi connectivity index (χ2v) is 6.39. The van der Waals surface area contributed by atoms with Crippen LogP contribution in [-0.4, -0.2) is 25.7 Å². The molecule has 1 fully saturated rings. The average Bonchev–Trinajstić information content (AvgIpc) is 2.68. The summed E-state index contributed by atoms with van der Waals surface area (Å²) < 4.78 is 28.6. The molecule has 0 spiro atoms. The molecule has 0 unspecified atom stereocenters. The Hall–Kier alpha value is -2.83. The number of para-hydroxylation sites is 2. The van der Waals surface area contributed by atoms with Crippen molar-refractivity contribution in [1.29, 1.82) is 0 Å². The van der Waals surface area contributed by atoms with E-state index in [0.29, 0.717) is 0 Å². The number of alkyl halides is 2. The Bertz CT molecular complexity index is 747. The summed E-state index contributed by atoms with van der Waals surface area (Å²) in [5, 5.41) is 5.68. The average molecular weight is 375 g/mol. The number of ether oxygens (including phenoxy) is 1. The molecule has 0 bridgehead atoms. The molecule has 3 rings (SSSR count). The topological polar surface area (TPSA) is 53.6 Å². The second kappa shape index (κ2) is 9.21. The molecule has 2 N–H and O–H groups in total. The Labute approximate surface area is 157 Å². The number of hydrogen-bond donors (Lipinski definition) is 2. The van der Waals surface area contributed by atoms with Crippen LogP contribution < -0.4 is 20.3 Å². The van der Waals surface area contributed by atoms with Crippen molar-refractivity contribution in [1.82, 2.24) is 5.32 Å². The molecule has 144 valence electrons. The summed E-state index contributed by atoms with van der Waals surface area (Å²) in [7, 11) is 0. The highest BCUT2D eigenvalue weighted by Crippen LogP contribution is 2.28. The number of piperidine rings is 1. The van der Waals surface area contributed by atoms with Crippen molar-refractivity contribution in [2.24, 2.45) is 0 Å². The smallest absolute Gasteiger partial charge is 0.387 e. The Morgan fingerprint density at radius 1 is 1.04 bits per heavy atom. The number of rotatable bonds is 6. The molecule has 0 saturated carbocycles. The molecular weight excluding hydrogens is 352 g/mol. The highest BCUT2D eigenvalue weighted by Gasteiger charge is 2.15. The molecule has 1 heterocycles. The van der Waals surface area contributed by atoms with E-state index in [9.17, 15) is 13.6 Å². The van der Waals surface area contributed by atoms with Crippen LogP contribution in [0.4, 0.5) is 25.0 Å². The third-order valence-corrected chi connectivity index (χ3v) is 4.45. The van der Waals surface area contributed by atoms with Gasteiger partial charge in [0.25, 0.3) is 0 Å². The van der Waals surface area contributed by atoms with E-state index in [0.717, 1.165) is 42.9 Å². The van der Waals surface area contributed by atoms with Gasteiger partial charge in [0.1, 0.15) is 5.75 Å². The van der Waals surface area contributed by atoms with Crippen LogP contribution in [0.15, 0.2) is 48.5 Å². The van der Waals surface area contributed by atoms with Crippen molar-refractivity contribution in [2.45, 2.75) is 32.4 Å². The lowest BCUT2D eigenvalue weighted by molar-refractivity contribution is -0.0498. The Morgan fingerprint density at radius 2 is 1.74 bits per heavy atom. The molecule has 2 aromatic rings. The van der Waals surface area contributed by atoms with E-state index < -0.39 is 6.61 Å². The van der Waals surface area contributed by atoms with Crippen LogP contribution >= 0.6 is 0 Å². The molecule has 0 radical (unpaired) electrons. The summed E-state index contributed by atoms with van der Waals surface area (Å²) in [5.41, 5.74) is 2.59. The zero-order valence-electron chi connectivity index (χ0n) is 15.0. The summed E-state index contributed by atoms with van der Waals surface area (Å²) in [4.78, 5) is 14.6. The van der Waals surface area contributed by atoms with Gasteiger partial charge >= 0.3 is 12.6 Å². The molecule has 5 nitrogen and oxygen atoms in total. The molecule has 1 saturated heterocycles. The van der Waals surface area contributed by atoms with Crippen LogP contribution in [0.2, 0.25) is 0 Å². The summed E-state index contributed by atoms with van der Waals surface area (Å²) in [6.45, 7) is -0.576. The minimum absolute atomic E-state index is 0.0914. The molecule has 1 aliphatic rings. The minimum atomic E-state index is -2.85. The molecule has 7 heteroatoms. The van der Waals surface area contributed by atoms with Crippen LogP contribution in [0.25, 0.3) is 0 Å². The van der Waals surface area contributed by atoms with Gasteiger partial charge in [0, 0.05) is 19.6 Å². The Morgan fingerprint density at radius 3 is 2.44 bits per heavy atom. The molecule has 27 heavy (non-hydrogen) atoms. The number of amides is 2. The first-order valence-electron chi connectivity index (χ1n) is 9.04. The number of carbonyl (C=O) groups excluding carboxylic acids is 1. The van der Waals surface area contributed by atoms with Crippen LogP contribution in [0.5, 0.6) is 5.75 Å². The maximum Gasteiger partial charge on any atom is 0.387 e. The van der Waals surface area contributed by atoms with Gasteiger partial charge in [-0.1, -0.05) is 24.3 Å². The van der Waals surface area contributed by atoms with E-state index in [1.165, 1.54) is 18.6 Å². The van der Waals surface area contributed by atoms with Crippen molar-refractivity contribution in [2.75, 3.05) is 23.3 Å². The van der Waals surface area contributed by atoms with Crippen molar-refractivity contribution < 1.29 is 18.3 Å². The van der Waals surface area contributed by atoms with Crippen LogP contribution in [0.3, 0.4) is 0 Å². The predicted octanol–water partition coefficient (Wildman–Crippen LogP) is 4.60. The fraction of sp³-hybridized carbons (Fsp3) is 0.350. The number of benzene rings is 2. The summed E-state index contributed by atoms with van der Waals surface area (Å²) >= 11 is 0. The van der Waals surface area contributed by atoms with E-state index in [4.69, 9.17) is 0 Å². The normalized spacial score (nSPS) is 14.1. The number of anilines is 2. The molecule has 2 aromatic carbocycles. The third kappa shape index (κ3) is 5.57. The lowest BCUT2D eigenvalue weighted by Gasteiger charge is -2.30. The number of hydrogen-bond acceptors (Lipinski definition) is 3. The van der Waals surface area contributed by atoms with E-state index in [1.807, 2.05) is 24.3 Å². The molecule has 0 atom stereocenters. The second-order valence-electron chi connectivity index (χ2n) is 6.39. The largest absolute Gasteiger partial charge is 0.435 e. The molecule has 0 aromatic heterocycles. The van der Waals surface area contributed by atoms with Gasteiger partial charge in [-0.25, -0.2) is 4.79 Å². The zero-order valence-corrected chi connectivity index (χ0v) is 15.0. The Balaban J connectivity index is 1.55. The number of nitrogens with zero attached hydrogens (tertiary/aromatic N) is 1. The quantitative estimate of drug-likeness (QED) is 0.776. The number of nitrogens with one attached hydrogen (secondary N) is 2. The van der Waals surface area contributed by atoms with Crippen molar-refractivity contribution >= 4 is 17.4 Å². The Kier molecular flexibility index (Phi) is 6.46. The molecule has 0 aliphatic carbocycles. The van der Waals surface area contributed by atoms with Gasteiger partial charge in [-0.2, -0.15) is 8.78 Å². The predicted molar refractivity (Wildman–Crippen MR) is 101 cm³/mol. The maximum absolute atomic E-state index is 12.3. The van der Waals surface area contributed by atoms with Gasteiger partial charge in [0.15, 0.2) is 0 Å². The van der Waals surface area contributed by atoms with Crippen molar-refractivity contribution in [3.05, 3.63) is 54.1 Å². The summed E-state index contributed by atoms with van der Waals surface area (Å²) in [5.74, 6) is 0.0914. The highest BCUT2D eigenvalue weighted by atomic mass is 19.3. The first kappa shape index (κ1) is 18.9. The molecule has 1 aliphatic heterocycles. The van der Waals surface area contributed by atoms with E-state index in [-0.39, 0.29) is 18.3 Å². The van der Waals surface area contributed by atoms with E-state index in [2.05, 4.69) is 20.3 Å². The van der Waals surface area contributed by atoms with E-state index in [1.54, 1.807) is 12.1 Å². The van der Waals surface area contributed by atoms with Crippen LogP contribution in [-0.2, 0) is 6.54 Å². The van der Waals surface area contributed by atoms with Crippen molar-refractivity contribution in [3.8, 4) is 5.75 Å². The lowest BCUT2D eigenvalue weighted by Crippen LogP contribution is -2.32. The van der Waals surface area contributed by atoms with Gasteiger partial charge < -0.3 is 20.3 Å². The van der Waals surface area contributed by atoms with Gasteiger partial charge in [0.05, 0.1) is 11.4 Å². The summed E-state index contributed by atoms with van der Waals surface area (Å²) in [6.07, 6.45) is 3.56. The van der Waals surface area contributed by atoms with Gasteiger partial charge in [-0.15, -0.1) is 0 Å². The fourth-order valence-electron chi connectivity index (χ4n) is 3.13. The standard InChI is InChI=1S/C20H23F2N3O2/c21-19(22)27-16-10-8-15(9-11-16)14-23-20(26)24-17-6-2-3-7-18(17)25-12-4-1-5-13-25/h2-3,6-11,19H,1,4-5,12-14H2,(H2,23,24,26). The fourth-order valence-corrected chi connectivity index (χ4v) is 3.13. The number of urea groups is 1. The highest BCUT2D eigenvalue weighted by molar-refractivity contribution is 5.93. The summed E-state index contributed by atoms with van der Waals surface area (Å²) in [6, 6.07) is 13.6. The van der Waals surface area contributed by atoms with E-state index >= 15 is 0 Å². The SMILES string of the molecule is O=C(NCc1ccc(OC(F)F)cc1)Nc1ccccc1N1CCCCC1. The maximum atomic E-state index is 12.3. The van der Waals surface area contributed by atoms with Gasteiger partial charge in [-0.05, 0) is 49.1 Å². The number of carbonyl (C=O) groups is 1. The monoisotopic (exact) mass is 375 g/mol. The van der Waals surface area contributed by atoms with Gasteiger partial charge in [0.2, 0.25) is 0 Å². The lowest BCUT2D eigenvalue weighted by atomic mass is 10.1. The first-order chi connectivity index (χ1) is 13.1. The number of halogens is 2. The first-order valence-corrected chi connectivity index (χ1v) is 9.04. The third-order valence-electron chi connectivity index (χ3n) is 4.45.